The number of nitrogens with zero attached hydrogens (tertiary/aromatic N) is 2. The topological polar surface area (TPSA) is 25.8 Å². The van der Waals surface area contributed by atoms with Gasteiger partial charge in [-0.1, -0.05) is 78.1 Å². The van der Waals surface area contributed by atoms with Crippen LogP contribution in [0.15, 0.2) is 12.4 Å². The van der Waals surface area contributed by atoms with E-state index in [0.717, 1.165) is 30.0 Å². The Morgan fingerprint density at radius 2 is 1.18 bits per heavy atom. The number of hydrogen-bond donors (Lipinski definition) is 0. The normalized spacial score (nSPS) is 28.4. The van der Waals surface area contributed by atoms with E-state index in [4.69, 9.17) is 9.97 Å². The van der Waals surface area contributed by atoms with E-state index in [2.05, 4.69) is 26.2 Å². The van der Waals surface area contributed by atoms with Crippen LogP contribution in [-0.4, -0.2) is 9.97 Å². The number of rotatable bonds is 10. The van der Waals surface area contributed by atoms with E-state index in [-0.39, 0.29) is 0 Å². The van der Waals surface area contributed by atoms with E-state index in [0.29, 0.717) is 5.92 Å². The Labute approximate surface area is 174 Å². The summed E-state index contributed by atoms with van der Waals surface area (Å²) in [4.78, 5) is 9.43. The van der Waals surface area contributed by atoms with E-state index in [1.807, 2.05) is 0 Å². The highest BCUT2D eigenvalue weighted by atomic mass is 14.9. The maximum absolute atomic E-state index is 4.72. The van der Waals surface area contributed by atoms with Crippen LogP contribution in [0.25, 0.3) is 0 Å². The number of aromatic nitrogens is 2. The zero-order valence-corrected chi connectivity index (χ0v) is 18.7. The van der Waals surface area contributed by atoms with Crippen LogP contribution >= 0.6 is 0 Å². The fraction of sp³-hybridized carbons (Fsp3) is 0.846. The molecule has 1 aromatic heterocycles. The van der Waals surface area contributed by atoms with Crippen molar-refractivity contribution < 1.29 is 0 Å². The van der Waals surface area contributed by atoms with Gasteiger partial charge < -0.3 is 0 Å². The molecule has 0 aromatic carbocycles. The van der Waals surface area contributed by atoms with Crippen molar-refractivity contribution in [3.8, 4) is 0 Å². The van der Waals surface area contributed by atoms with Gasteiger partial charge >= 0.3 is 0 Å². The molecule has 28 heavy (non-hydrogen) atoms. The van der Waals surface area contributed by atoms with Gasteiger partial charge in [-0.15, -0.1) is 0 Å². The summed E-state index contributed by atoms with van der Waals surface area (Å²) in [5.41, 5.74) is 1.31. The number of hydrogen-bond acceptors (Lipinski definition) is 2. The van der Waals surface area contributed by atoms with Crippen molar-refractivity contribution in [1.29, 1.82) is 0 Å². The maximum atomic E-state index is 4.72. The second-order valence-electron chi connectivity index (χ2n) is 9.88. The summed E-state index contributed by atoms with van der Waals surface area (Å²) in [6, 6.07) is 0. The van der Waals surface area contributed by atoms with Crippen LogP contribution in [-0.2, 0) is 6.42 Å². The van der Waals surface area contributed by atoms with E-state index >= 15 is 0 Å². The van der Waals surface area contributed by atoms with Gasteiger partial charge in [0, 0.05) is 18.3 Å². The lowest BCUT2D eigenvalue weighted by molar-refractivity contribution is 0.222. The molecule has 0 radical (unpaired) electrons. The summed E-state index contributed by atoms with van der Waals surface area (Å²) in [6.45, 7) is 4.57. The molecule has 1 heterocycles. The molecular weight excluding hydrogens is 340 g/mol. The summed E-state index contributed by atoms with van der Waals surface area (Å²) >= 11 is 0. The van der Waals surface area contributed by atoms with Crippen molar-refractivity contribution in [2.24, 2.45) is 17.8 Å². The summed E-state index contributed by atoms with van der Waals surface area (Å²) < 4.78 is 0. The number of unbranched alkanes of at least 4 members (excludes halogenated alkanes) is 2. The predicted molar refractivity (Wildman–Crippen MR) is 120 cm³/mol. The fourth-order valence-electron chi connectivity index (χ4n) is 5.57. The van der Waals surface area contributed by atoms with Crippen molar-refractivity contribution in [1.82, 2.24) is 9.97 Å². The molecule has 2 fully saturated rings. The lowest BCUT2D eigenvalue weighted by Crippen LogP contribution is -2.18. The Morgan fingerprint density at radius 1 is 0.679 bits per heavy atom. The Kier molecular flexibility index (Phi) is 9.28. The maximum Gasteiger partial charge on any atom is 0.131 e. The molecule has 3 rings (SSSR count). The van der Waals surface area contributed by atoms with Crippen LogP contribution in [0.3, 0.4) is 0 Å². The molecule has 2 saturated carbocycles. The Hall–Kier alpha value is -0.920. The summed E-state index contributed by atoms with van der Waals surface area (Å²) in [6.07, 6.45) is 26.6. The average Bonchev–Trinajstić information content (AvgIpc) is 2.76. The van der Waals surface area contributed by atoms with Crippen LogP contribution in [0.5, 0.6) is 0 Å². The molecule has 0 saturated heterocycles. The first-order valence-electron chi connectivity index (χ1n) is 12.6. The summed E-state index contributed by atoms with van der Waals surface area (Å²) in [7, 11) is 0. The first kappa shape index (κ1) is 21.8. The van der Waals surface area contributed by atoms with Gasteiger partial charge in [-0.2, -0.15) is 0 Å². The molecule has 2 aliphatic carbocycles. The minimum absolute atomic E-state index is 0.616. The fourth-order valence-corrected chi connectivity index (χ4v) is 5.57. The SMILES string of the molecule is CCCCc1cnc(C2CCC(CCC3CCC(CCCC)CC3)CC2)nc1. The van der Waals surface area contributed by atoms with Gasteiger partial charge in [-0.3, -0.25) is 0 Å². The minimum atomic E-state index is 0.616. The Balaban J connectivity index is 1.32. The third-order valence-electron chi connectivity index (χ3n) is 7.67. The van der Waals surface area contributed by atoms with Gasteiger partial charge in [0.05, 0.1) is 0 Å². The molecule has 0 bridgehead atoms. The van der Waals surface area contributed by atoms with Crippen LogP contribution < -0.4 is 0 Å². The van der Waals surface area contributed by atoms with Crippen molar-refractivity contribution in [3.05, 3.63) is 23.8 Å². The smallest absolute Gasteiger partial charge is 0.131 e. The van der Waals surface area contributed by atoms with Crippen LogP contribution in [0.4, 0.5) is 0 Å². The zero-order valence-electron chi connectivity index (χ0n) is 18.7. The van der Waals surface area contributed by atoms with Gasteiger partial charge in [0.15, 0.2) is 0 Å². The first-order chi connectivity index (χ1) is 13.8. The van der Waals surface area contributed by atoms with Crippen LogP contribution in [0, 0.1) is 17.8 Å². The molecular formula is C26H44N2. The molecule has 2 nitrogen and oxygen atoms in total. The van der Waals surface area contributed by atoms with Crippen LogP contribution in [0.2, 0.25) is 0 Å². The van der Waals surface area contributed by atoms with E-state index in [1.165, 1.54) is 102 Å². The van der Waals surface area contributed by atoms with Crippen molar-refractivity contribution in [2.75, 3.05) is 0 Å². The summed E-state index contributed by atoms with van der Waals surface area (Å²) in [5.74, 6) is 4.79. The van der Waals surface area contributed by atoms with Gasteiger partial charge in [0.2, 0.25) is 0 Å². The van der Waals surface area contributed by atoms with Gasteiger partial charge in [0.25, 0.3) is 0 Å². The number of aryl methyl sites for hydroxylation is 1. The van der Waals surface area contributed by atoms with E-state index < -0.39 is 0 Å². The molecule has 158 valence electrons. The highest BCUT2D eigenvalue weighted by Crippen LogP contribution is 2.39. The quantitative estimate of drug-likeness (QED) is 0.410. The standard InChI is InChI=1S/C26H44N2/c1-3-5-7-21-9-11-22(12-10-21)13-14-23-15-17-25(18-16-23)26-27-19-24(20-28-26)8-6-4-2/h19-23,25H,3-18H2,1-2H3. The monoisotopic (exact) mass is 384 g/mol. The minimum Gasteiger partial charge on any atom is -0.241 e. The van der Waals surface area contributed by atoms with Crippen molar-refractivity contribution in [2.45, 2.75) is 122 Å². The second-order valence-corrected chi connectivity index (χ2v) is 9.88. The second kappa shape index (κ2) is 11.9. The first-order valence-corrected chi connectivity index (χ1v) is 12.6. The highest BCUT2D eigenvalue weighted by Gasteiger charge is 2.26. The molecule has 0 N–H and O–H groups in total. The Morgan fingerprint density at radius 3 is 1.71 bits per heavy atom. The zero-order chi connectivity index (χ0) is 19.6. The molecule has 2 heteroatoms. The van der Waals surface area contributed by atoms with Gasteiger partial charge in [-0.25, -0.2) is 9.97 Å². The highest BCUT2D eigenvalue weighted by molar-refractivity contribution is 5.08. The third-order valence-corrected chi connectivity index (χ3v) is 7.67. The molecule has 2 aliphatic rings. The lowest BCUT2D eigenvalue weighted by atomic mass is 9.75. The van der Waals surface area contributed by atoms with Crippen molar-refractivity contribution >= 4 is 0 Å². The molecule has 0 amide bonds. The predicted octanol–water partition coefficient (Wildman–Crippen LogP) is 7.87. The van der Waals surface area contributed by atoms with Crippen LogP contribution in [0.1, 0.15) is 127 Å². The van der Waals surface area contributed by atoms with E-state index in [1.54, 1.807) is 0 Å². The van der Waals surface area contributed by atoms with E-state index in [9.17, 15) is 0 Å². The third kappa shape index (κ3) is 6.85. The molecule has 0 unspecified atom stereocenters. The Bertz CT molecular complexity index is 522. The lowest BCUT2D eigenvalue weighted by Gasteiger charge is -2.31. The van der Waals surface area contributed by atoms with Crippen molar-refractivity contribution in [3.63, 3.8) is 0 Å². The molecule has 0 aliphatic heterocycles. The molecule has 0 atom stereocenters. The van der Waals surface area contributed by atoms with Gasteiger partial charge in [-0.05, 0) is 61.8 Å². The molecule has 1 aromatic rings. The largest absolute Gasteiger partial charge is 0.241 e. The molecule has 0 spiro atoms. The summed E-state index contributed by atoms with van der Waals surface area (Å²) in [5, 5.41) is 0. The average molecular weight is 385 g/mol. The van der Waals surface area contributed by atoms with Gasteiger partial charge in [0.1, 0.15) is 5.82 Å².